The van der Waals surface area contributed by atoms with Gasteiger partial charge in [-0.1, -0.05) is 24.3 Å². The van der Waals surface area contributed by atoms with E-state index >= 15 is 0 Å². The van der Waals surface area contributed by atoms with Crippen LogP contribution >= 0.6 is 0 Å². The van der Waals surface area contributed by atoms with Crippen LogP contribution in [0.25, 0.3) is 0 Å². The van der Waals surface area contributed by atoms with Gasteiger partial charge in [-0.25, -0.2) is 0 Å². The Labute approximate surface area is 183 Å². The van der Waals surface area contributed by atoms with E-state index in [4.69, 9.17) is 9.47 Å². The first-order valence-electron chi connectivity index (χ1n) is 10.7. The van der Waals surface area contributed by atoms with Crippen LogP contribution in [-0.4, -0.2) is 68.1 Å². The van der Waals surface area contributed by atoms with Crippen molar-refractivity contribution in [2.45, 2.75) is 19.9 Å². The summed E-state index contributed by atoms with van der Waals surface area (Å²) >= 11 is 0. The zero-order chi connectivity index (χ0) is 22.1. The van der Waals surface area contributed by atoms with Gasteiger partial charge in [-0.2, -0.15) is 0 Å². The number of hydrogen-bond donors (Lipinski definition) is 1. The lowest BCUT2D eigenvalue weighted by atomic mass is 10.2. The molecule has 0 spiro atoms. The molecule has 0 aromatic heterocycles. The molecule has 31 heavy (non-hydrogen) atoms. The number of carbonyl (C=O) groups is 2. The Kier molecular flexibility index (Phi) is 8.29. The highest BCUT2D eigenvalue weighted by atomic mass is 16.5. The van der Waals surface area contributed by atoms with E-state index in [-0.39, 0.29) is 11.8 Å². The minimum atomic E-state index is -0.231. The first-order valence-corrected chi connectivity index (χ1v) is 10.7. The smallest absolute Gasteiger partial charge is 0.255 e. The standard InChI is InChI=1S/C24H31N3O4/c1-3-31-20-10-8-19(9-11-20)18-26-14-16-27(17-15-26)23(28)12-13-25-24(29)21-6-4-5-7-22(21)30-2/h4-11H,3,12-18H2,1-2H3,(H,25,29). The number of nitrogens with zero attached hydrogens (tertiary/aromatic N) is 2. The van der Waals surface area contributed by atoms with E-state index in [1.807, 2.05) is 30.0 Å². The normalized spacial score (nSPS) is 14.2. The summed E-state index contributed by atoms with van der Waals surface area (Å²) in [4.78, 5) is 29.1. The quantitative estimate of drug-likeness (QED) is 0.669. The average Bonchev–Trinajstić information content (AvgIpc) is 2.81. The Balaban J connectivity index is 1.38. The van der Waals surface area contributed by atoms with E-state index in [0.717, 1.165) is 25.4 Å². The topological polar surface area (TPSA) is 71.1 Å². The minimum Gasteiger partial charge on any atom is -0.496 e. The van der Waals surface area contributed by atoms with Gasteiger partial charge < -0.3 is 19.7 Å². The fraction of sp³-hybridized carbons (Fsp3) is 0.417. The van der Waals surface area contributed by atoms with Crippen molar-refractivity contribution in [2.75, 3.05) is 46.4 Å². The Hall–Kier alpha value is -3.06. The number of ether oxygens (including phenoxy) is 2. The van der Waals surface area contributed by atoms with Gasteiger partial charge in [0.05, 0.1) is 19.3 Å². The van der Waals surface area contributed by atoms with E-state index < -0.39 is 0 Å². The van der Waals surface area contributed by atoms with Crippen molar-refractivity contribution in [1.82, 2.24) is 15.1 Å². The second-order valence-electron chi connectivity index (χ2n) is 7.44. The number of nitrogens with one attached hydrogen (secondary N) is 1. The molecule has 0 radical (unpaired) electrons. The van der Waals surface area contributed by atoms with E-state index in [9.17, 15) is 9.59 Å². The number of methoxy groups -OCH3 is 1. The predicted molar refractivity (Wildman–Crippen MR) is 119 cm³/mol. The maximum atomic E-state index is 12.5. The molecule has 0 aliphatic carbocycles. The fourth-order valence-corrected chi connectivity index (χ4v) is 3.64. The largest absolute Gasteiger partial charge is 0.496 e. The maximum Gasteiger partial charge on any atom is 0.255 e. The molecule has 2 aromatic carbocycles. The van der Waals surface area contributed by atoms with Crippen molar-refractivity contribution in [1.29, 1.82) is 0 Å². The molecule has 1 aliphatic heterocycles. The lowest BCUT2D eigenvalue weighted by Crippen LogP contribution is -2.48. The lowest BCUT2D eigenvalue weighted by Gasteiger charge is -2.34. The summed E-state index contributed by atoms with van der Waals surface area (Å²) in [6, 6.07) is 15.2. The third kappa shape index (κ3) is 6.46. The van der Waals surface area contributed by atoms with Crippen molar-refractivity contribution < 1.29 is 19.1 Å². The van der Waals surface area contributed by atoms with Crippen molar-refractivity contribution in [2.24, 2.45) is 0 Å². The number of carbonyl (C=O) groups excluding carboxylic acids is 2. The summed E-state index contributed by atoms with van der Waals surface area (Å²) in [5.74, 6) is 1.25. The predicted octanol–water partition coefficient (Wildman–Crippen LogP) is 2.56. The van der Waals surface area contributed by atoms with E-state index in [1.165, 1.54) is 12.7 Å². The molecule has 2 amide bonds. The van der Waals surface area contributed by atoms with Crippen molar-refractivity contribution in [3.63, 3.8) is 0 Å². The molecule has 7 heteroatoms. The van der Waals surface area contributed by atoms with Gasteiger partial charge in [-0.05, 0) is 36.8 Å². The summed E-state index contributed by atoms with van der Waals surface area (Å²) in [7, 11) is 1.53. The molecule has 0 bridgehead atoms. The van der Waals surface area contributed by atoms with Crippen molar-refractivity contribution in [3.8, 4) is 11.5 Å². The van der Waals surface area contributed by atoms with Gasteiger partial charge in [-0.15, -0.1) is 0 Å². The van der Waals surface area contributed by atoms with Crippen LogP contribution in [0.2, 0.25) is 0 Å². The van der Waals surface area contributed by atoms with E-state index in [0.29, 0.717) is 44.0 Å². The maximum absolute atomic E-state index is 12.5. The van der Waals surface area contributed by atoms with Gasteiger partial charge in [-0.3, -0.25) is 14.5 Å². The molecule has 7 nitrogen and oxygen atoms in total. The van der Waals surface area contributed by atoms with Gasteiger partial charge in [0.1, 0.15) is 11.5 Å². The van der Waals surface area contributed by atoms with E-state index in [2.05, 4.69) is 22.3 Å². The molecule has 166 valence electrons. The molecule has 1 heterocycles. The molecule has 1 N–H and O–H groups in total. The second kappa shape index (κ2) is 11.4. The van der Waals surface area contributed by atoms with Crippen LogP contribution in [0.5, 0.6) is 11.5 Å². The number of piperazine rings is 1. The molecule has 1 saturated heterocycles. The molecule has 0 saturated carbocycles. The third-order valence-corrected chi connectivity index (χ3v) is 5.34. The first kappa shape index (κ1) is 22.6. The van der Waals surface area contributed by atoms with Crippen LogP contribution in [0.4, 0.5) is 0 Å². The van der Waals surface area contributed by atoms with Gasteiger partial charge in [0, 0.05) is 45.7 Å². The summed E-state index contributed by atoms with van der Waals surface area (Å²) < 4.78 is 10.7. The number of hydrogen-bond acceptors (Lipinski definition) is 5. The van der Waals surface area contributed by atoms with Crippen LogP contribution < -0.4 is 14.8 Å². The zero-order valence-electron chi connectivity index (χ0n) is 18.3. The molecule has 1 aliphatic rings. The SMILES string of the molecule is CCOc1ccc(CN2CCN(C(=O)CCNC(=O)c3ccccc3OC)CC2)cc1. The Morgan fingerprint density at radius 3 is 2.39 bits per heavy atom. The summed E-state index contributed by atoms with van der Waals surface area (Å²) in [5.41, 5.74) is 1.71. The van der Waals surface area contributed by atoms with Crippen molar-refractivity contribution >= 4 is 11.8 Å². The van der Waals surface area contributed by atoms with Gasteiger partial charge >= 0.3 is 0 Å². The molecular weight excluding hydrogens is 394 g/mol. The summed E-state index contributed by atoms with van der Waals surface area (Å²) in [6.07, 6.45) is 0.291. The van der Waals surface area contributed by atoms with Gasteiger partial charge in [0.2, 0.25) is 5.91 Å². The summed E-state index contributed by atoms with van der Waals surface area (Å²) in [5, 5.41) is 2.81. The number of benzene rings is 2. The number of rotatable bonds is 9. The fourth-order valence-electron chi connectivity index (χ4n) is 3.64. The monoisotopic (exact) mass is 425 g/mol. The van der Waals surface area contributed by atoms with Gasteiger partial charge in [0.15, 0.2) is 0 Å². The number of para-hydroxylation sites is 1. The molecule has 1 fully saturated rings. The molecule has 2 aromatic rings. The molecule has 0 atom stereocenters. The van der Waals surface area contributed by atoms with Crippen LogP contribution in [0.3, 0.4) is 0 Å². The van der Waals surface area contributed by atoms with Crippen LogP contribution in [0, 0.1) is 0 Å². The lowest BCUT2D eigenvalue weighted by molar-refractivity contribution is -0.132. The van der Waals surface area contributed by atoms with Crippen LogP contribution in [-0.2, 0) is 11.3 Å². The molecule has 3 rings (SSSR count). The molecular formula is C24H31N3O4. The Bertz CT molecular complexity index is 861. The Morgan fingerprint density at radius 2 is 1.71 bits per heavy atom. The highest BCUT2D eigenvalue weighted by Gasteiger charge is 2.21. The van der Waals surface area contributed by atoms with E-state index in [1.54, 1.807) is 18.2 Å². The van der Waals surface area contributed by atoms with Crippen LogP contribution in [0.15, 0.2) is 48.5 Å². The highest BCUT2D eigenvalue weighted by Crippen LogP contribution is 2.17. The zero-order valence-corrected chi connectivity index (χ0v) is 18.3. The minimum absolute atomic E-state index is 0.0704. The average molecular weight is 426 g/mol. The Morgan fingerprint density at radius 1 is 1.00 bits per heavy atom. The third-order valence-electron chi connectivity index (χ3n) is 5.34. The molecule has 0 unspecified atom stereocenters. The van der Waals surface area contributed by atoms with Gasteiger partial charge in [0.25, 0.3) is 5.91 Å². The van der Waals surface area contributed by atoms with Crippen molar-refractivity contribution in [3.05, 3.63) is 59.7 Å². The second-order valence-corrected chi connectivity index (χ2v) is 7.44. The van der Waals surface area contributed by atoms with Crippen LogP contribution in [0.1, 0.15) is 29.3 Å². The summed E-state index contributed by atoms with van der Waals surface area (Å²) in [6.45, 7) is 6.90. The first-order chi connectivity index (χ1) is 15.1. The number of amides is 2. The highest BCUT2D eigenvalue weighted by molar-refractivity contribution is 5.97.